The number of rotatable bonds is 5. The SMILES string of the molecule is CNC(Cc1cc(Cl)ccc1OC)c1cc(F)ccc1F. The van der Waals surface area contributed by atoms with Gasteiger partial charge in [-0.2, -0.15) is 0 Å². The van der Waals surface area contributed by atoms with Gasteiger partial charge in [-0.1, -0.05) is 11.6 Å². The van der Waals surface area contributed by atoms with Crippen molar-refractivity contribution in [2.45, 2.75) is 12.5 Å². The van der Waals surface area contributed by atoms with Crippen molar-refractivity contribution in [1.29, 1.82) is 0 Å². The van der Waals surface area contributed by atoms with Crippen LogP contribution in [0.5, 0.6) is 5.75 Å². The van der Waals surface area contributed by atoms with Gasteiger partial charge in [-0.05, 0) is 55.4 Å². The van der Waals surface area contributed by atoms with Gasteiger partial charge in [0.05, 0.1) is 7.11 Å². The molecule has 1 atom stereocenters. The molecule has 0 aliphatic heterocycles. The van der Waals surface area contributed by atoms with Crippen LogP contribution in [0.15, 0.2) is 36.4 Å². The van der Waals surface area contributed by atoms with Gasteiger partial charge in [0.2, 0.25) is 0 Å². The van der Waals surface area contributed by atoms with Crippen LogP contribution in [-0.4, -0.2) is 14.2 Å². The van der Waals surface area contributed by atoms with Crippen LogP contribution in [0.2, 0.25) is 5.02 Å². The molecular formula is C16H16ClF2NO. The topological polar surface area (TPSA) is 21.3 Å². The van der Waals surface area contributed by atoms with Crippen molar-refractivity contribution in [3.63, 3.8) is 0 Å². The van der Waals surface area contributed by atoms with E-state index in [4.69, 9.17) is 16.3 Å². The van der Waals surface area contributed by atoms with E-state index in [0.29, 0.717) is 17.2 Å². The highest BCUT2D eigenvalue weighted by Crippen LogP contribution is 2.29. The maximum atomic E-state index is 13.9. The second-order valence-corrected chi connectivity index (χ2v) is 5.10. The highest BCUT2D eigenvalue weighted by molar-refractivity contribution is 6.30. The van der Waals surface area contributed by atoms with Gasteiger partial charge < -0.3 is 10.1 Å². The van der Waals surface area contributed by atoms with Gasteiger partial charge in [-0.15, -0.1) is 0 Å². The van der Waals surface area contributed by atoms with Crippen LogP contribution in [0.25, 0.3) is 0 Å². The Labute approximate surface area is 127 Å². The van der Waals surface area contributed by atoms with E-state index in [-0.39, 0.29) is 11.6 Å². The highest BCUT2D eigenvalue weighted by atomic mass is 35.5. The van der Waals surface area contributed by atoms with E-state index >= 15 is 0 Å². The smallest absolute Gasteiger partial charge is 0.128 e. The van der Waals surface area contributed by atoms with Crippen molar-refractivity contribution < 1.29 is 13.5 Å². The Morgan fingerprint density at radius 3 is 2.62 bits per heavy atom. The predicted octanol–water partition coefficient (Wildman–Crippen LogP) is 4.13. The van der Waals surface area contributed by atoms with E-state index in [2.05, 4.69) is 5.32 Å². The van der Waals surface area contributed by atoms with E-state index in [1.807, 2.05) is 0 Å². The molecule has 2 nitrogen and oxygen atoms in total. The monoisotopic (exact) mass is 311 g/mol. The average Bonchev–Trinajstić information content (AvgIpc) is 2.47. The zero-order chi connectivity index (χ0) is 15.4. The largest absolute Gasteiger partial charge is 0.496 e. The molecule has 0 spiro atoms. The fourth-order valence-electron chi connectivity index (χ4n) is 2.28. The fourth-order valence-corrected chi connectivity index (χ4v) is 2.47. The molecule has 0 fully saturated rings. The lowest BCUT2D eigenvalue weighted by molar-refractivity contribution is 0.405. The molecular weight excluding hydrogens is 296 g/mol. The molecule has 0 radical (unpaired) electrons. The number of hydrogen-bond donors (Lipinski definition) is 1. The average molecular weight is 312 g/mol. The molecule has 0 aliphatic carbocycles. The van der Waals surface area contributed by atoms with E-state index < -0.39 is 11.6 Å². The molecule has 0 amide bonds. The molecule has 5 heteroatoms. The molecule has 0 saturated heterocycles. The number of methoxy groups -OCH3 is 1. The van der Waals surface area contributed by atoms with Crippen molar-refractivity contribution >= 4 is 11.6 Å². The minimum Gasteiger partial charge on any atom is -0.496 e. The van der Waals surface area contributed by atoms with Crippen LogP contribution >= 0.6 is 11.6 Å². The number of hydrogen-bond acceptors (Lipinski definition) is 2. The van der Waals surface area contributed by atoms with Gasteiger partial charge in [0.1, 0.15) is 17.4 Å². The molecule has 1 N–H and O–H groups in total. The molecule has 112 valence electrons. The molecule has 2 aromatic carbocycles. The summed E-state index contributed by atoms with van der Waals surface area (Å²) < 4.78 is 32.5. The first-order chi connectivity index (χ1) is 10.0. The second-order valence-electron chi connectivity index (χ2n) is 4.67. The maximum Gasteiger partial charge on any atom is 0.128 e. The lowest BCUT2D eigenvalue weighted by Crippen LogP contribution is -2.20. The third-order valence-corrected chi connectivity index (χ3v) is 3.58. The summed E-state index contributed by atoms with van der Waals surface area (Å²) in [4.78, 5) is 0. The van der Waals surface area contributed by atoms with E-state index in [0.717, 1.165) is 17.7 Å². The lowest BCUT2D eigenvalue weighted by atomic mass is 9.98. The summed E-state index contributed by atoms with van der Waals surface area (Å²) in [6, 6.07) is 8.30. The first-order valence-corrected chi connectivity index (χ1v) is 6.87. The van der Waals surface area contributed by atoms with Crippen LogP contribution in [-0.2, 0) is 6.42 Å². The zero-order valence-electron chi connectivity index (χ0n) is 11.8. The van der Waals surface area contributed by atoms with Crippen molar-refractivity contribution in [3.05, 3.63) is 64.2 Å². The van der Waals surface area contributed by atoms with Gasteiger partial charge in [0.25, 0.3) is 0 Å². The quantitative estimate of drug-likeness (QED) is 0.896. The normalized spacial score (nSPS) is 12.2. The Hall–Kier alpha value is -1.65. The van der Waals surface area contributed by atoms with E-state index in [1.165, 1.54) is 6.07 Å². The maximum absolute atomic E-state index is 13.9. The second kappa shape index (κ2) is 6.87. The molecule has 21 heavy (non-hydrogen) atoms. The number of ether oxygens (including phenoxy) is 1. The van der Waals surface area contributed by atoms with Crippen molar-refractivity contribution in [2.24, 2.45) is 0 Å². The third kappa shape index (κ3) is 3.71. The molecule has 0 aromatic heterocycles. The molecule has 0 saturated carbocycles. The summed E-state index contributed by atoms with van der Waals surface area (Å²) in [5.41, 5.74) is 1.10. The van der Waals surface area contributed by atoms with E-state index in [9.17, 15) is 8.78 Å². The first kappa shape index (κ1) is 15.7. The molecule has 0 aliphatic rings. The van der Waals surface area contributed by atoms with Crippen LogP contribution in [0.4, 0.5) is 8.78 Å². The Morgan fingerprint density at radius 1 is 1.19 bits per heavy atom. The Kier molecular flexibility index (Phi) is 5.15. The summed E-state index contributed by atoms with van der Waals surface area (Å²) in [5, 5.41) is 3.57. The van der Waals surface area contributed by atoms with Crippen LogP contribution in [0.3, 0.4) is 0 Å². The van der Waals surface area contributed by atoms with Crippen LogP contribution in [0.1, 0.15) is 17.2 Å². The van der Waals surface area contributed by atoms with Gasteiger partial charge in [-0.25, -0.2) is 8.78 Å². The van der Waals surface area contributed by atoms with Gasteiger partial charge >= 0.3 is 0 Å². The minimum absolute atomic E-state index is 0.277. The number of nitrogens with one attached hydrogen (secondary N) is 1. The number of benzene rings is 2. The van der Waals surface area contributed by atoms with Crippen molar-refractivity contribution in [1.82, 2.24) is 5.32 Å². The molecule has 2 aromatic rings. The molecule has 0 bridgehead atoms. The summed E-state index contributed by atoms with van der Waals surface area (Å²) in [6.07, 6.45) is 0.431. The Balaban J connectivity index is 2.35. The fraction of sp³-hybridized carbons (Fsp3) is 0.250. The van der Waals surface area contributed by atoms with E-state index in [1.54, 1.807) is 32.4 Å². The molecule has 2 rings (SSSR count). The van der Waals surface area contributed by atoms with Crippen molar-refractivity contribution in [2.75, 3.05) is 14.2 Å². The first-order valence-electron chi connectivity index (χ1n) is 6.49. The van der Waals surface area contributed by atoms with Gasteiger partial charge in [0, 0.05) is 16.6 Å². The number of halogens is 3. The summed E-state index contributed by atoms with van der Waals surface area (Å²) in [5.74, 6) is -0.252. The van der Waals surface area contributed by atoms with Crippen molar-refractivity contribution in [3.8, 4) is 5.75 Å². The Bertz CT molecular complexity index is 634. The zero-order valence-corrected chi connectivity index (χ0v) is 12.5. The Morgan fingerprint density at radius 2 is 1.95 bits per heavy atom. The predicted molar refractivity (Wildman–Crippen MR) is 79.9 cm³/mol. The highest BCUT2D eigenvalue weighted by Gasteiger charge is 2.17. The number of likely N-dealkylation sites (N-methyl/N-ethyl adjacent to an activating group) is 1. The summed E-state index contributed by atoms with van der Waals surface area (Å²) in [7, 11) is 3.26. The summed E-state index contributed by atoms with van der Waals surface area (Å²) >= 11 is 5.99. The molecule has 1 unspecified atom stereocenters. The van der Waals surface area contributed by atoms with Gasteiger partial charge in [0.15, 0.2) is 0 Å². The lowest BCUT2D eigenvalue weighted by Gasteiger charge is -2.19. The van der Waals surface area contributed by atoms with Gasteiger partial charge in [-0.3, -0.25) is 0 Å². The standard InChI is InChI=1S/C16H16ClF2NO/c1-20-15(13-9-12(18)4-5-14(13)19)8-10-7-11(17)3-6-16(10)21-2/h3-7,9,15,20H,8H2,1-2H3. The van der Waals surface area contributed by atoms with Crippen LogP contribution < -0.4 is 10.1 Å². The minimum atomic E-state index is -0.468. The summed E-state index contributed by atoms with van der Waals surface area (Å²) in [6.45, 7) is 0. The third-order valence-electron chi connectivity index (χ3n) is 3.35. The molecule has 0 heterocycles. The van der Waals surface area contributed by atoms with Crippen LogP contribution in [0, 0.1) is 11.6 Å².